The molecule has 130 valence electrons. The van der Waals surface area contributed by atoms with Crippen molar-refractivity contribution in [1.29, 1.82) is 0 Å². The zero-order valence-corrected chi connectivity index (χ0v) is 14.2. The van der Waals surface area contributed by atoms with Crippen molar-refractivity contribution in [1.82, 2.24) is 5.32 Å². The van der Waals surface area contributed by atoms with Crippen LogP contribution < -0.4 is 20.1 Å². The minimum atomic E-state index is -0.207. The number of hydrogen-bond donors (Lipinski definition) is 2. The van der Waals surface area contributed by atoms with E-state index in [0.29, 0.717) is 36.8 Å². The van der Waals surface area contributed by atoms with Gasteiger partial charge in [-0.3, -0.25) is 9.59 Å². The molecule has 1 heterocycles. The topological polar surface area (TPSA) is 76.7 Å². The first-order chi connectivity index (χ1) is 12.0. The molecule has 2 N–H and O–H groups in total. The molecule has 0 spiro atoms. The number of carbonyl (C=O) groups excluding carboxylic acids is 2. The summed E-state index contributed by atoms with van der Waals surface area (Å²) in [6, 6.07) is 10.6. The van der Waals surface area contributed by atoms with E-state index in [1.165, 1.54) is 6.92 Å². The summed E-state index contributed by atoms with van der Waals surface area (Å²) in [4.78, 5) is 23.5. The van der Waals surface area contributed by atoms with Crippen molar-refractivity contribution >= 4 is 17.5 Å². The van der Waals surface area contributed by atoms with Crippen LogP contribution in [0.2, 0.25) is 0 Å². The summed E-state index contributed by atoms with van der Waals surface area (Å²) in [5.41, 5.74) is 3.07. The van der Waals surface area contributed by atoms with E-state index < -0.39 is 0 Å². The van der Waals surface area contributed by atoms with Crippen LogP contribution in [-0.2, 0) is 11.3 Å². The van der Waals surface area contributed by atoms with Crippen molar-refractivity contribution < 1.29 is 19.1 Å². The lowest BCUT2D eigenvalue weighted by atomic mass is 10.1. The van der Waals surface area contributed by atoms with E-state index in [4.69, 9.17) is 9.47 Å². The van der Waals surface area contributed by atoms with Crippen LogP contribution in [0.5, 0.6) is 11.5 Å². The van der Waals surface area contributed by atoms with Crippen LogP contribution in [0.25, 0.3) is 0 Å². The van der Waals surface area contributed by atoms with Gasteiger partial charge in [-0.1, -0.05) is 6.07 Å². The monoisotopic (exact) mass is 340 g/mol. The fourth-order valence-corrected chi connectivity index (χ4v) is 2.64. The molecule has 6 nitrogen and oxygen atoms in total. The number of amides is 2. The number of anilines is 1. The predicted molar refractivity (Wildman–Crippen MR) is 94.1 cm³/mol. The van der Waals surface area contributed by atoms with Crippen molar-refractivity contribution in [2.24, 2.45) is 0 Å². The fraction of sp³-hybridized carbons (Fsp3) is 0.263. The maximum absolute atomic E-state index is 12.4. The Bertz CT molecular complexity index is 817. The third-order valence-electron chi connectivity index (χ3n) is 3.89. The highest BCUT2D eigenvalue weighted by Gasteiger charge is 2.15. The van der Waals surface area contributed by atoms with Gasteiger partial charge in [-0.05, 0) is 48.4 Å². The Morgan fingerprint density at radius 3 is 2.52 bits per heavy atom. The average Bonchev–Trinajstić information content (AvgIpc) is 2.59. The van der Waals surface area contributed by atoms with Gasteiger partial charge in [0, 0.05) is 24.7 Å². The van der Waals surface area contributed by atoms with Gasteiger partial charge in [0.25, 0.3) is 5.91 Å². The zero-order valence-electron chi connectivity index (χ0n) is 14.2. The molecular weight excluding hydrogens is 320 g/mol. The summed E-state index contributed by atoms with van der Waals surface area (Å²) in [5, 5.41) is 5.56. The van der Waals surface area contributed by atoms with Crippen molar-refractivity contribution in [3.63, 3.8) is 0 Å². The number of hydrogen-bond acceptors (Lipinski definition) is 4. The Morgan fingerprint density at radius 2 is 1.80 bits per heavy atom. The first-order valence-electron chi connectivity index (χ1n) is 8.08. The second kappa shape index (κ2) is 7.25. The Kier molecular flexibility index (Phi) is 4.88. The van der Waals surface area contributed by atoms with Gasteiger partial charge in [-0.2, -0.15) is 0 Å². The van der Waals surface area contributed by atoms with E-state index in [9.17, 15) is 9.59 Å². The molecule has 2 amide bonds. The highest BCUT2D eigenvalue weighted by atomic mass is 16.6. The Balaban J connectivity index is 1.69. The van der Waals surface area contributed by atoms with Gasteiger partial charge in [0.15, 0.2) is 11.5 Å². The number of ether oxygens (including phenoxy) is 2. The van der Waals surface area contributed by atoms with Gasteiger partial charge in [0.2, 0.25) is 5.91 Å². The van der Waals surface area contributed by atoms with E-state index in [-0.39, 0.29) is 11.8 Å². The summed E-state index contributed by atoms with van der Waals surface area (Å²) < 4.78 is 11.1. The molecule has 0 saturated carbocycles. The van der Waals surface area contributed by atoms with Crippen molar-refractivity contribution in [2.75, 3.05) is 18.5 Å². The standard InChI is InChI=1S/C19H20N2O4/c1-12-8-17-18(25-7-6-24-17)10-15(12)11-20-19(23)14-4-3-5-16(9-14)21-13(2)22/h3-5,8-10H,6-7,11H2,1-2H3,(H,20,23)(H,21,22). The molecule has 2 aromatic rings. The quantitative estimate of drug-likeness (QED) is 0.897. The van der Waals surface area contributed by atoms with Crippen molar-refractivity contribution in [3.05, 3.63) is 53.1 Å². The molecule has 2 aromatic carbocycles. The fourth-order valence-electron chi connectivity index (χ4n) is 2.64. The summed E-state index contributed by atoms with van der Waals surface area (Å²) in [6.07, 6.45) is 0. The van der Waals surface area contributed by atoms with Crippen molar-refractivity contribution in [3.8, 4) is 11.5 Å². The van der Waals surface area contributed by atoms with Crippen LogP contribution in [0, 0.1) is 6.92 Å². The minimum Gasteiger partial charge on any atom is -0.486 e. The van der Waals surface area contributed by atoms with Crippen LogP contribution >= 0.6 is 0 Å². The van der Waals surface area contributed by atoms with Gasteiger partial charge in [0.05, 0.1) is 0 Å². The molecule has 0 unspecified atom stereocenters. The maximum atomic E-state index is 12.4. The Hall–Kier alpha value is -3.02. The lowest BCUT2D eigenvalue weighted by molar-refractivity contribution is -0.114. The number of aryl methyl sites for hydroxylation is 1. The normalized spacial score (nSPS) is 12.4. The van der Waals surface area contributed by atoms with Gasteiger partial charge < -0.3 is 20.1 Å². The van der Waals surface area contributed by atoms with Gasteiger partial charge >= 0.3 is 0 Å². The first-order valence-corrected chi connectivity index (χ1v) is 8.08. The molecule has 0 aromatic heterocycles. The third-order valence-corrected chi connectivity index (χ3v) is 3.89. The summed E-state index contributed by atoms with van der Waals surface area (Å²) in [7, 11) is 0. The number of fused-ring (bicyclic) bond motifs is 1. The summed E-state index contributed by atoms with van der Waals surface area (Å²) in [6.45, 7) is 4.85. The Labute approximate surface area is 146 Å². The third kappa shape index (κ3) is 4.09. The minimum absolute atomic E-state index is 0.176. The summed E-state index contributed by atoms with van der Waals surface area (Å²) in [5.74, 6) is 1.06. The van der Waals surface area contributed by atoms with Crippen LogP contribution in [0.1, 0.15) is 28.4 Å². The molecule has 0 saturated heterocycles. The van der Waals surface area contributed by atoms with Gasteiger partial charge in [0.1, 0.15) is 13.2 Å². The lowest BCUT2D eigenvalue weighted by Crippen LogP contribution is -2.24. The van der Waals surface area contributed by atoms with E-state index in [0.717, 1.165) is 16.9 Å². The van der Waals surface area contributed by atoms with E-state index >= 15 is 0 Å². The number of rotatable bonds is 4. The number of carbonyl (C=O) groups is 2. The van der Waals surface area contributed by atoms with E-state index in [2.05, 4.69) is 10.6 Å². The smallest absolute Gasteiger partial charge is 0.251 e. The van der Waals surface area contributed by atoms with Gasteiger partial charge in [-0.25, -0.2) is 0 Å². The molecular formula is C19H20N2O4. The zero-order chi connectivity index (χ0) is 17.8. The maximum Gasteiger partial charge on any atom is 0.251 e. The molecule has 6 heteroatoms. The average molecular weight is 340 g/mol. The van der Waals surface area contributed by atoms with Crippen molar-refractivity contribution in [2.45, 2.75) is 20.4 Å². The Morgan fingerprint density at radius 1 is 1.08 bits per heavy atom. The van der Waals surface area contributed by atoms with Crippen LogP contribution in [0.4, 0.5) is 5.69 Å². The molecule has 0 fully saturated rings. The number of benzene rings is 2. The predicted octanol–water partition coefficient (Wildman–Crippen LogP) is 2.65. The molecule has 0 aliphatic carbocycles. The van der Waals surface area contributed by atoms with Crippen LogP contribution in [0.3, 0.4) is 0 Å². The molecule has 0 bridgehead atoms. The molecule has 0 atom stereocenters. The molecule has 25 heavy (non-hydrogen) atoms. The molecule has 3 rings (SSSR count). The van der Waals surface area contributed by atoms with E-state index in [1.807, 2.05) is 19.1 Å². The highest BCUT2D eigenvalue weighted by molar-refractivity contribution is 5.96. The summed E-state index contributed by atoms with van der Waals surface area (Å²) >= 11 is 0. The first kappa shape index (κ1) is 16.8. The van der Waals surface area contributed by atoms with Crippen LogP contribution in [-0.4, -0.2) is 25.0 Å². The van der Waals surface area contributed by atoms with Crippen LogP contribution in [0.15, 0.2) is 36.4 Å². The molecule has 0 radical (unpaired) electrons. The van der Waals surface area contributed by atoms with E-state index in [1.54, 1.807) is 24.3 Å². The lowest BCUT2D eigenvalue weighted by Gasteiger charge is -2.20. The SMILES string of the molecule is CC(=O)Nc1cccc(C(=O)NCc2cc3c(cc2C)OCCO3)c1. The highest BCUT2D eigenvalue weighted by Crippen LogP contribution is 2.32. The molecule has 1 aliphatic rings. The second-order valence-electron chi connectivity index (χ2n) is 5.87. The molecule has 1 aliphatic heterocycles. The largest absolute Gasteiger partial charge is 0.486 e. The second-order valence-corrected chi connectivity index (χ2v) is 5.87. The number of nitrogens with one attached hydrogen (secondary N) is 2. The van der Waals surface area contributed by atoms with Gasteiger partial charge in [-0.15, -0.1) is 0 Å².